The molecule has 0 atom stereocenters. The van der Waals surface area contributed by atoms with Gasteiger partial charge in [0.15, 0.2) is 0 Å². The standard InChI is InChI=1S/C22H26F2N2O5/c1-3-29-19-14-18(26-8-10-28-11-9-26)20(30-4-2)13-17(19)25-21(27)15-6-5-7-16(12-15)31-22(23)24/h5-7,12-14,22H,3-4,8-11H2,1-2H3,(H,25,27). The summed E-state index contributed by atoms with van der Waals surface area (Å²) in [6.07, 6.45) is 0. The van der Waals surface area contributed by atoms with Crippen LogP contribution >= 0.6 is 0 Å². The SMILES string of the molecule is CCOc1cc(N2CCOCC2)c(OCC)cc1NC(=O)c1cccc(OC(F)F)c1. The minimum absolute atomic E-state index is 0.0923. The molecule has 1 aliphatic rings. The van der Waals surface area contributed by atoms with Gasteiger partial charge in [0.25, 0.3) is 5.91 Å². The van der Waals surface area contributed by atoms with Crippen LogP contribution < -0.4 is 24.4 Å². The van der Waals surface area contributed by atoms with Crippen LogP contribution in [0.2, 0.25) is 0 Å². The van der Waals surface area contributed by atoms with Crippen molar-refractivity contribution in [1.82, 2.24) is 0 Å². The summed E-state index contributed by atoms with van der Waals surface area (Å²) in [5.41, 5.74) is 1.46. The summed E-state index contributed by atoms with van der Waals surface area (Å²) >= 11 is 0. The molecule has 1 amide bonds. The number of amides is 1. The van der Waals surface area contributed by atoms with Gasteiger partial charge < -0.3 is 29.2 Å². The van der Waals surface area contributed by atoms with Crippen LogP contribution in [-0.4, -0.2) is 52.0 Å². The van der Waals surface area contributed by atoms with Crippen molar-refractivity contribution in [3.63, 3.8) is 0 Å². The fourth-order valence-corrected chi connectivity index (χ4v) is 3.25. The zero-order valence-electron chi connectivity index (χ0n) is 17.5. The molecule has 0 radical (unpaired) electrons. The van der Waals surface area contributed by atoms with E-state index in [-0.39, 0.29) is 11.3 Å². The Morgan fingerprint density at radius 2 is 1.81 bits per heavy atom. The van der Waals surface area contributed by atoms with E-state index >= 15 is 0 Å². The summed E-state index contributed by atoms with van der Waals surface area (Å²) in [6, 6.07) is 9.16. The molecule has 0 aromatic heterocycles. The minimum Gasteiger partial charge on any atom is -0.492 e. The number of ether oxygens (including phenoxy) is 4. The molecular formula is C22H26F2N2O5. The Balaban J connectivity index is 1.90. The number of hydrogen-bond donors (Lipinski definition) is 1. The van der Waals surface area contributed by atoms with Crippen LogP contribution in [0.15, 0.2) is 36.4 Å². The van der Waals surface area contributed by atoms with Gasteiger partial charge in [-0.15, -0.1) is 0 Å². The highest BCUT2D eigenvalue weighted by Gasteiger charge is 2.21. The lowest BCUT2D eigenvalue weighted by atomic mass is 10.1. The molecule has 0 aliphatic carbocycles. The van der Waals surface area contributed by atoms with E-state index in [4.69, 9.17) is 14.2 Å². The largest absolute Gasteiger partial charge is 0.492 e. The van der Waals surface area contributed by atoms with E-state index in [9.17, 15) is 13.6 Å². The molecule has 0 unspecified atom stereocenters. The van der Waals surface area contributed by atoms with E-state index in [2.05, 4.69) is 15.0 Å². The first-order valence-electron chi connectivity index (χ1n) is 10.1. The Labute approximate surface area is 179 Å². The predicted octanol–water partition coefficient (Wildman–Crippen LogP) is 4.17. The summed E-state index contributed by atoms with van der Waals surface area (Å²) in [6.45, 7) is 4.28. The number of alkyl halides is 2. The number of anilines is 2. The average molecular weight is 436 g/mol. The van der Waals surface area contributed by atoms with Crippen molar-refractivity contribution in [2.75, 3.05) is 49.7 Å². The normalized spacial score (nSPS) is 13.8. The summed E-state index contributed by atoms with van der Waals surface area (Å²) < 4.78 is 46.4. The number of nitrogens with zero attached hydrogens (tertiary/aromatic N) is 1. The molecular weight excluding hydrogens is 410 g/mol. The van der Waals surface area contributed by atoms with Crippen LogP contribution in [0.3, 0.4) is 0 Å². The lowest BCUT2D eigenvalue weighted by molar-refractivity contribution is -0.0498. The number of hydrogen-bond acceptors (Lipinski definition) is 6. The zero-order chi connectivity index (χ0) is 22.2. The number of benzene rings is 2. The summed E-state index contributed by atoms with van der Waals surface area (Å²) in [7, 11) is 0. The summed E-state index contributed by atoms with van der Waals surface area (Å²) in [4.78, 5) is 14.9. The van der Waals surface area contributed by atoms with Gasteiger partial charge in [-0.1, -0.05) is 6.07 Å². The van der Waals surface area contributed by atoms with Crippen LogP contribution in [0.4, 0.5) is 20.2 Å². The second-order valence-electron chi connectivity index (χ2n) is 6.64. The van der Waals surface area contributed by atoms with Gasteiger partial charge >= 0.3 is 6.61 Å². The van der Waals surface area contributed by atoms with Crippen LogP contribution in [-0.2, 0) is 4.74 Å². The van der Waals surface area contributed by atoms with Gasteiger partial charge in [0, 0.05) is 30.8 Å². The number of halogens is 2. The molecule has 1 heterocycles. The van der Waals surface area contributed by atoms with Crippen molar-refractivity contribution >= 4 is 17.3 Å². The van der Waals surface area contributed by atoms with Gasteiger partial charge in [-0.05, 0) is 32.0 Å². The third-order valence-electron chi connectivity index (χ3n) is 4.58. The van der Waals surface area contributed by atoms with Gasteiger partial charge in [0.05, 0.1) is 37.8 Å². The lowest BCUT2D eigenvalue weighted by Gasteiger charge is -2.31. The molecule has 7 nitrogen and oxygen atoms in total. The molecule has 0 spiro atoms. The maximum Gasteiger partial charge on any atom is 0.387 e. The van der Waals surface area contributed by atoms with Crippen molar-refractivity contribution in [3.8, 4) is 17.2 Å². The van der Waals surface area contributed by atoms with E-state index < -0.39 is 12.5 Å². The first-order valence-corrected chi connectivity index (χ1v) is 10.1. The van der Waals surface area contributed by atoms with Crippen LogP contribution in [0.1, 0.15) is 24.2 Å². The average Bonchev–Trinajstić information content (AvgIpc) is 2.76. The molecule has 2 aromatic carbocycles. The Kier molecular flexibility index (Phi) is 7.88. The Bertz CT molecular complexity index is 888. The molecule has 1 saturated heterocycles. The van der Waals surface area contributed by atoms with E-state index in [0.717, 1.165) is 5.69 Å². The topological polar surface area (TPSA) is 69.3 Å². The zero-order valence-corrected chi connectivity index (χ0v) is 17.5. The third kappa shape index (κ3) is 5.97. The van der Waals surface area contributed by atoms with Crippen molar-refractivity contribution < 1.29 is 32.5 Å². The molecule has 168 valence electrons. The fourth-order valence-electron chi connectivity index (χ4n) is 3.25. The Morgan fingerprint density at radius 3 is 2.48 bits per heavy atom. The number of rotatable bonds is 9. The number of carbonyl (C=O) groups is 1. The second kappa shape index (κ2) is 10.8. The van der Waals surface area contributed by atoms with Gasteiger partial charge in [-0.3, -0.25) is 4.79 Å². The van der Waals surface area contributed by atoms with Crippen molar-refractivity contribution in [2.45, 2.75) is 20.5 Å². The molecule has 1 fully saturated rings. The molecule has 31 heavy (non-hydrogen) atoms. The number of nitrogens with one attached hydrogen (secondary N) is 1. The van der Waals surface area contributed by atoms with Crippen molar-refractivity contribution in [3.05, 3.63) is 42.0 Å². The molecule has 2 aromatic rings. The number of carbonyl (C=O) groups excluding carboxylic acids is 1. The van der Waals surface area contributed by atoms with Crippen molar-refractivity contribution in [1.29, 1.82) is 0 Å². The molecule has 3 rings (SSSR count). The minimum atomic E-state index is -2.97. The molecule has 1 aliphatic heterocycles. The molecule has 0 bridgehead atoms. The highest BCUT2D eigenvalue weighted by molar-refractivity contribution is 6.05. The van der Waals surface area contributed by atoms with Gasteiger partial charge in [0.1, 0.15) is 17.2 Å². The van der Waals surface area contributed by atoms with Gasteiger partial charge in [0.2, 0.25) is 0 Å². The Hall–Kier alpha value is -3.07. The quantitative estimate of drug-likeness (QED) is 0.636. The Morgan fingerprint density at radius 1 is 1.10 bits per heavy atom. The van der Waals surface area contributed by atoms with Gasteiger partial charge in [-0.2, -0.15) is 8.78 Å². The summed E-state index contributed by atoms with van der Waals surface area (Å²) in [5.74, 6) is 0.520. The van der Waals surface area contributed by atoms with Gasteiger partial charge in [-0.25, -0.2) is 0 Å². The second-order valence-corrected chi connectivity index (χ2v) is 6.64. The van der Waals surface area contributed by atoms with E-state index in [1.54, 1.807) is 6.07 Å². The van der Waals surface area contributed by atoms with Crippen LogP contribution in [0, 0.1) is 0 Å². The molecule has 9 heteroatoms. The fraction of sp³-hybridized carbons (Fsp3) is 0.409. The van der Waals surface area contributed by atoms with E-state index in [0.29, 0.717) is 56.7 Å². The molecule has 1 N–H and O–H groups in total. The molecule has 0 saturated carbocycles. The van der Waals surface area contributed by atoms with Crippen LogP contribution in [0.5, 0.6) is 17.2 Å². The maximum atomic E-state index is 12.8. The maximum absolute atomic E-state index is 12.8. The number of morpholine rings is 1. The lowest BCUT2D eigenvalue weighted by Crippen LogP contribution is -2.36. The van der Waals surface area contributed by atoms with E-state index in [1.165, 1.54) is 24.3 Å². The summed E-state index contributed by atoms with van der Waals surface area (Å²) in [5, 5.41) is 2.79. The third-order valence-corrected chi connectivity index (χ3v) is 4.58. The van der Waals surface area contributed by atoms with Crippen molar-refractivity contribution in [2.24, 2.45) is 0 Å². The highest BCUT2D eigenvalue weighted by atomic mass is 19.3. The predicted molar refractivity (Wildman–Crippen MR) is 113 cm³/mol. The first-order chi connectivity index (χ1) is 15.0. The monoisotopic (exact) mass is 436 g/mol. The highest BCUT2D eigenvalue weighted by Crippen LogP contribution is 2.39. The van der Waals surface area contributed by atoms with E-state index in [1.807, 2.05) is 19.9 Å². The smallest absolute Gasteiger partial charge is 0.387 e. The van der Waals surface area contributed by atoms with Crippen LogP contribution in [0.25, 0.3) is 0 Å². The first kappa shape index (κ1) is 22.6.